The van der Waals surface area contributed by atoms with E-state index < -0.39 is 33.7 Å². The fraction of sp³-hybridized carbons (Fsp3) is 0.875. The average molecular weight is 462 g/mol. The molecule has 0 heterocycles. The first kappa shape index (κ1) is 41.1. The van der Waals surface area contributed by atoms with E-state index in [2.05, 4.69) is 6.92 Å². The maximum Gasteiger partial charge on any atom is 1.00 e. The molecule has 28 heavy (non-hydrogen) atoms. The van der Waals surface area contributed by atoms with Gasteiger partial charge in [0.2, 0.25) is 0 Å². The molecule has 0 fully saturated rings. The molecule has 0 amide bonds. The summed E-state index contributed by atoms with van der Waals surface area (Å²) in [6.07, 6.45) is 10.1. The van der Waals surface area contributed by atoms with Crippen molar-refractivity contribution in [3.63, 3.8) is 0 Å². The minimum Gasteiger partial charge on any atom is -1.00 e. The summed E-state index contributed by atoms with van der Waals surface area (Å²) < 4.78 is 35.6. The van der Waals surface area contributed by atoms with Crippen LogP contribution in [0.15, 0.2) is 0 Å². The van der Waals surface area contributed by atoms with Crippen LogP contribution in [0, 0.1) is 0 Å². The molecule has 0 bridgehead atoms. The number of esters is 1. The van der Waals surface area contributed by atoms with Gasteiger partial charge in [-0.25, -0.2) is 0 Å². The number of aliphatic carboxylic acids is 1. The Balaban J connectivity index is -0.0000000945. The van der Waals surface area contributed by atoms with Crippen molar-refractivity contribution in [2.45, 2.75) is 82.8 Å². The number of carbonyl (C=O) groups is 2. The van der Waals surface area contributed by atoms with Crippen LogP contribution in [0.5, 0.6) is 0 Å². The van der Waals surface area contributed by atoms with Gasteiger partial charge in [0.25, 0.3) is 10.1 Å². The molecule has 0 aromatic rings. The summed E-state index contributed by atoms with van der Waals surface area (Å²) in [4.78, 5) is 22.1. The molecule has 1 atom stereocenters. The molecule has 7 nitrogen and oxygen atoms in total. The van der Waals surface area contributed by atoms with Gasteiger partial charge in [0, 0.05) is 0 Å². The smallest absolute Gasteiger partial charge is 1.00 e. The van der Waals surface area contributed by atoms with Crippen molar-refractivity contribution in [3.8, 4) is 0 Å². The molecular weight excluding hydrogens is 428 g/mol. The van der Waals surface area contributed by atoms with Crippen molar-refractivity contribution >= 4 is 22.1 Å². The fourth-order valence-corrected chi connectivity index (χ4v) is 2.99. The van der Waals surface area contributed by atoms with Crippen LogP contribution in [0.1, 0.15) is 83.3 Å². The summed E-state index contributed by atoms with van der Waals surface area (Å²) in [5.74, 6) is -2.70. The van der Waals surface area contributed by atoms with Crippen LogP contribution in [-0.2, 0) is 24.4 Å². The van der Waals surface area contributed by atoms with Crippen molar-refractivity contribution in [2.24, 2.45) is 0 Å². The van der Waals surface area contributed by atoms with Crippen molar-refractivity contribution < 1.29 is 156 Å². The molecule has 0 radical (unpaired) electrons. The number of rotatable bonds is 15. The average Bonchev–Trinajstić information content (AvgIpc) is 2.48. The fourth-order valence-electron chi connectivity index (χ4n) is 2.32. The third-order valence-corrected chi connectivity index (χ3v) is 4.80. The molecule has 0 rings (SSSR count). The van der Waals surface area contributed by atoms with E-state index in [0.717, 1.165) is 19.3 Å². The molecule has 0 aliphatic carbocycles. The van der Waals surface area contributed by atoms with E-state index in [1.165, 1.54) is 38.5 Å². The Hall–Kier alpha value is 2.85. The zero-order valence-electron chi connectivity index (χ0n) is 22.4. The predicted octanol–water partition coefficient (Wildman–Crippen LogP) is -8.35. The number of hydrogen-bond acceptors (Lipinski definition) is 5. The summed E-state index contributed by atoms with van der Waals surface area (Å²) in [6.45, 7) is 2.22. The predicted molar refractivity (Wildman–Crippen MR) is 94.8 cm³/mol. The van der Waals surface area contributed by atoms with Gasteiger partial charge in [0.15, 0.2) is 5.25 Å². The zero-order valence-corrected chi connectivity index (χ0v) is 27.2. The van der Waals surface area contributed by atoms with E-state index in [4.69, 9.17) is 14.4 Å². The maximum atomic E-state index is 11.6. The van der Waals surface area contributed by atoms with Gasteiger partial charge in [0.05, 0.1) is 13.0 Å². The first-order valence-corrected chi connectivity index (χ1v) is 10.1. The topological polar surface area (TPSA) is 118 Å². The third-order valence-electron chi connectivity index (χ3n) is 3.72. The van der Waals surface area contributed by atoms with E-state index in [-0.39, 0.29) is 131 Å². The monoisotopic (exact) mass is 462 g/mol. The van der Waals surface area contributed by atoms with E-state index in [1.807, 2.05) is 0 Å². The molecule has 0 aromatic heterocycles. The van der Waals surface area contributed by atoms with Crippen LogP contribution in [0.25, 0.3) is 0 Å². The van der Waals surface area contributed by atoms with Gasteiger partial charge in [-0.15, -0.1) is 0 Å². The van der Waals surface area contributed by atoms with Crippen molar-refractivity contribution in [1.29, 1.82) is 0 Å². The van der Waals surface area contributed by atoms with Gasteiger partial charge in [-0.05, 0) is 6.42 Å². The number of unbranched alkanes of at least 4 members (excludes halogenated alkanes) is 9. The van der Waals surface area contributed by atoms with Gasteiger partial charge in [-0.1, -0.05) is 64.7 Å². The number of carboxylic acid groups (broad SMARTS) is 1. The second kappa shape index (κ2) is 26.1. The second-order valence-electron chi connectivity index (χ2n) is 5.95. The molecule has 0 aliphatic rings. The summed E-state index contributed by atoms with van der Waals surface area (Å²) in [6, 6.07) is 0. The Morgan fingerprint density at radius 3 is 1.61 bits per heavy atom. The standard InChI is InChI=1S/C16H30O7S.4Na.4H/c1-2-3-4-5-6-7-8-9-10-11-12-23-16(19)14(13-15(17)18)24(20,21)22;;;;;;;;/h14H,2-13H2,1H3,(H,17,18)(H,20,21,22);;;;;;;;/q;4*+1;4*-1. The summed E-state index contributed by atoms with van der Waals surface area (Å²) in [5, 5.41) is 6.52. The van der Waals surface area contributed by atoms with Gasteiger partial charge < -0.3 is 15.5 Å². The van der Waals surface area contributed by atoms with Gasteiger partial charge in [0.1, 0.15) is 0 Å². The quantitative estimate of drug-likeness (QED) is 0.107. The van der Waals surface area contributed by atoms with E-state index in [9.17, 15) is 18.0 Å². The second-order valence-corrected chi connectivity index (χ2v) is 7.55. The number of carbonyl (C=O) groups excluding carboxylic acids is 1. The molecule has 1 unspecified atom stereocenters. The normalized spacial score (nSPS) is 10.9. The number of hydrogen-bond donors (Lipinski definition) is 2. The van der Waals surface area contributed by atoms with Crippen molar-refractivity contribution in [2.75, 3.05) is 6.61 Å². The SMILES string of the molecule is CCCCCCCCCCCCOC(=O)C(CC(=O)O)S(=O)(=O)O.[H-].[H-].[H-].[H-].[Na+].[Na+].[Na+].[Na+]. The first-order chi connectivity index (χ1) is 11.3. The van der Waals surface area contributed by atoms with Gasteiger partial charge in [-0.3, -0.25) is 14.1 Å². The summed E-state index contributed by atoms with van der Waals surface area (Å²) >= 11 is 0. The minimum absolute atomic E-state index is 0. The molecule has 2 N–H and O–H groups in total. The van der Waals surface area contributed by atoms with Crippen LogP contribution in [0.3, 0.4) is 0 Å². The van der Waals surface area contributed by atoms with E-state index in [1.54, 1.807) is 0 Å². The van der Waals surface area contributed by atoms with Crippen molar-refractivity contribution in [3.05, 3.63) is 0 Å². The van der Waals surface area contributed by atoms with Crippen LogP contribution in [-0.4, -0.2) is 41.9 Å². The first-order valence-electron chi connectivity index (χ1n) is 8.63. The Bertz CT molecular complexity index is 493. The van der Waals surface area contributed by atoms with Crippen LogP contribution in [0.2, 0.25) is 0 Å². The Morgan fingerprint density at radius 1 is 0.857 bits per heavy atom. The van der Waals surface area contributed by atoms with Gasteiger partial charge in [-0.2, -0.15) is 8.42 Å². The van der Waals surface area contributed by atoms with E-state index in [0.29, 0.717) is 6.42 Å². The minimum atomic E-state index is -4.78. The molecular formula is C16H34Na4O7S. The van der Waals surface area contributed by atoms with Crippen molar-refractivity contribution in [1.82, 2.24) is 0 Å². The maximum absolute atomic E-state index is 11.6. The Morgan fingerprint density at radius 2 is 1.25 bits per heavy atom. The summed E-state index contributed by atoms with van der Waals surface area (Å²) in [5.41, 5.74) is 0. The Kier molecular flexibility index (Phi) is 38.4. The van der Waals surface area contributed by atoms with Gasteiger partial charge >= 0.3 is 130 Å². The van der Waals surface area contributed by atoms with Crippen LogP contribution in [0.4, 0.5) is 0 Å². The number of carboxylic acids is 1. The van der Waals surface area contributed by atoms with Crippen LogP contribution < -0.4 is 118 Å². The molecule has 150 valence electrons. The molecule has 12 heteroatoms. The third kappa shape index (κ3) is 25.1. The van der Waals surface area contributed by atoms with Crippen LogP contribution >= 0.6 is 0 Å². The molecule has 0 aliphatic heterocycles. The van der Waals surface area contributed by atoms with E-state index >= 15 is 0 Å². The zero-order chi connectivity index (χ0) is 18.4. The molecule has 0 saturated heterocycles. The summed E-state index contributed by atoms with van der Waals surface area (Å²) in [7, 11) is -4.78. The largest absolute Gasteiger partial charge is 1.00 e. The number of ether oxygens (including phenoxy) is 1. The Labute approximate surface area is 264 Å². The molecule has 0 aromatic carbocycles. The molecule has 0 saturated carbocycles. The molecule has 0 spiro atoms.